The Balaban J connectivity index is 1.01. The maximum absolute atomic E-state index is 12.8. The first-order valence-corrected chi connectivity index (χ1v) is 15.5. The first-order valence-electron chi connectivity index (χ1n) is 13.9. The van der Waals surface area contributed by atoms with Crippen LogP contribution in [-0.2, 0) is 14.3 Å². The molecule has 0 aliphatic carbocycles. The number of hydrogen-bond acceptors (Lipinski definition) is 6. The Kier molecular flexibility index (Phi) is 8.09. The molecule has 2 heterocycles. The number of benzene rings is 4. The largest absolute Gasteiger partial charge is 0.296 e. The zero-order valence-electron chi connectivity index (χ0n) is 22.4. The summed E-state index contributed by atoms with van der Waals surface area (Å²) in [6, 6.07) is 41.9. The zero-order valence-corrected chi connectivity index (χ0v) is 23.2. The molecule has 2 saturated heterocycles. The molecular formula is C33H35N3O3S. The molecule has 4 aromatic rings. The highest BCUT2D eigenvalue weighted by molar-refractivity contribution is 7.86. The molecule has 0 unspecified atom stereocenters. The monoisotopic (exact) mass is 553 g/mol. The fourth-order valence-corrected chi connectivity index (χ4v) is 6.87. The van der Waals surface area contributed by atoms with Crippen molar-refractivity contribution in [1.29, 1.82) is 0 Å². The van der Waals surface area contributed by atoms with E-state index < -0.39 is 10.1 Å². The van der Waals surface area contributed by atoms with Gasteiger partial charge in [0, 0.05) is 32.2 Å². The summed E-state index contributed by atoms with van der Waals surface area (Å²) < 4.78 is 31.3. The summed E-state index contributed by atoms with van der Waals surface area (Å²) in [7, 11) is -3.69. The van der Waals surface area contributed by atoms with Gasteiger partial charge in [-0.2, -0.15) is 8.42 Å². The molecule has 0 spiro atoms. The summed E-state index contributed by atoms with van der Waals surface area (Å²) in [6.07, 6.45) is -0.333. The van der Waals surface area contributed by atoms with Gasteiger partial charge in [-0.25, -0.2) is 0 Å². The molecule has 6 nitrogen and oxygen atoms in total. The van der Waals surface area contributed by atoms with Crippen molar-refractivity contribution in [2.75, 3.05) is 32.1 Å². The Morgan fingerprint density at radius 1 is 0.600 bits per heavy atom. The van der Waals surface area contributed by atoms with Gasteiger partial charge in [0.1, 0.15) is 12.0 Å². The number of likely N-dealkylation sites (tertiary alicyclic amines) is 2. The third-order valence-corrected chi connectivity index (χ3v) is 8.89. The molecule has 4 aromatic carbocycles. The van der Waals surface area contributed by atoms with Crippen molar-refractivity contribution in [1.82, 2.24) is 15.1 Å². The molecule has 0 radical (unpaired) electrons. The first kappa shape index (κ1) is 26.9. The standard InChI is InChI=1S/C33H35N3O3S/c37-40(38,39-31-23-36(24-31)33(28-17-9-3-10-18-28)29-19-11-4-12-20-29)25-34-30-21-35(22-30)32(26-13-5-1-6-14-26)27-15-7-2-8-16-27/h1-20,30-34H,21-25H2. The normalized spacial score (nSPS) is 17.1. The molecule has 0 saturated carbocycles. The number of nitrogens with zero attached hydrogens (tertiary/aromatic N) is 2. The highest BCUT2D eigenvalue weighted by atomic mass is 32.2. The van der Waals surface area contributed by atoms with E-state index in [9.17, 15) is 8.42 Å². The number of hydrogen-bond donors (Lipinski definition) is 1. The number of rotatable bonds is 11. The molecule has 206 valence electrons. The Bertz CT molecular complexity index is 1380. The molecule has 0 amide bonds. The topological polar surface area (TPSA) is 61.9 Å². The van der Waals surface area contributed by atoms with Gasteiger partial charge in [-0.3, -0.25) is 19.3 Å². The molecule has 1 N–H and O–H groups in total. The summed E-state index contributed by atoms with van der Waals surface area (Å²) in [4.78, 5) is 4.66. The van der Waals surface area contributed by atoms with E-state index in [-0.39, 0.29) is 30.1 Å². The van der Waals surface area contributed by atoms with Crippen molar-refractivity contribution < 1.29 is 12.6 Å². The van der Waals surface area contributed by atoms with Crippen molar-refractivity contribution in [2.45, 2.75) is 24.2 Å². The quantitative estimate of drug-likeness (QED) is 0.269. The van der Waals surface area contributed by atoms with Crippen LogP contribution in [0, 0.1) is 0 Å². The fraction of sp³-hybridized carbons (Fsp3) is 0.273. The van der Waals surface area contributed by atoms with Gasteiger partial charge < -0.3 is 0 Å². The van der Waals surface area contributed by atoms with Gasteiger partial charge >= 0.3 is 0 Å². The van der Waals surface area contributed by atoms with Crippen molar-refractivity contribution in [3.63, 3.8) is 0 Å². The Morgan fingerprint density at radius 2 is 0.950 bits per heavy atom. The summed E-state index contributed by atoms with van der Waals surface area (Å²) in [5.74, 6) is -0.176. The summed E-state index contributed by atoms with van der Waals surface area (Å²) in [5.41, 5.74) is 4.86. The van der Waals surface area contributed by atoms with Crippen LogP contribution in [0.2, 0.25) is 0 Å². The van der Waals surface area contributed by atoms with E-state index >= 15 is 0 Å². The van der Waals surface area contributed by atoms with Crippen LogP contribution in [0.15, 0.2) is 121 Å². The first-order chi connectivity index (χ1) is 19.6. The van der Waals surface area contributed by atoms with Crippen LogP contribution in [0.25, 0.3) is 0 Å². The molecule has 7 heteroatoms. The van der Waals surface area contributed by atoms with Gasteiger partial charge in [0.05, 0.1) is 12.1 Å². The molecule has 0 aromatic heterocycles. The molecule has 0 atom stereocenters. The van der Waals surface area contributed by atoms with E-state index in [1.54, 1.807) is 0 Å². The Morgan fingerprint density at radius 3 is 1.32 bits per heavy atom. The molecule has 2 fully saturated rings. The van der Waals surface area contributed by atoms with E-state index in [0.29, 0.717) is 13.1 Å². The summed E-state index contributed by atoms with van der Waals surface area (Å²) in [5, 5.41) is 3.22. The molecular weight excluding hydrogens is 518 g/mol. The van der Waals surface area contributed by atoms with Gasteiger partial charge in [0.25, 0.3) is 10.1 Å². The van der Waals surface area contributed by atoms with E-state index in [1.807, 2.05) is 48.5 Å². The lowest BCUT2D eigenvalue weighted by molar-refractivity contribution is 0.00375. The average Bonchev–Trinajstić information content (AvgIpc) is 2.95. The van der Waals surface area contributed by atoms with Crippen LogP contribution in [0.4, 0.5) is 0 Å². The molecule has 2 aliphatic rings. The maximum atomic E-state index is 12.8. The average molecular weight is 554 g/mol. The lowest BCUT2D eigenvalue weighted by Gasteiger charge is -2.45. The van der Waals surface area contributed by atoms with Crippen LogP contribution in [-0.4, -0.2) is 62.4 Å². The second-order valence-electron chi connectivity index (χ2n) is 10.7. The molecule has 2 aliphatic heterocycles. The fourth-order valence-electron chi connectivity index (χ4n) is 5.82. The van der Waals surface area contributed by atoms with Crippen molar-refractivity contribution in [3.8, 4) is 0 Å². The lowest BCUT2D eigenvalue weighted by Crippen LogP contribution is -2.60. The van der Waals surface area contributed by atoms with Crippen LogP contribution >= 0.6 is 0 Å². The van der Waals surface area contributed by atoms with Crippen LogP contribution in [0.3, 0.4) is 0 Å². The van der Waals surface area contributed by atoms with Gasteiger partial charge in [-0.1, -0.05) is 121 Å². The minimum absolute atomic E-state index is 0.0752. The predicted molar refractivity (Wildman–Crippen MR) is 158 cm³/mol. The summed E-state index contributed by atoms with van der Waals surface area (Å²) >= 11 is 0. The molecule has 40 heavy (non-hydrogen) atoms. The van der Waals surface area contributed by atoms with Gasteiger partial charge in [0.2, 0.25) is 0 Å². The SMILES string of the molecule is O=S(=O)(CNC1CN(C(c2ccccc2)c2ccccc2)C1)OC1CN(C(c2ccccc2)c2ccccc2)C1. The van der Waals surface area contributed by atoms with Gasteiger partial charge in [-0.15, -0.1) is 0 Å². The van der Waals surface area contributed by atoms with Crippen molar-refractivity contribution >= 4 is 10.1 Å². The third-order valence-electron chi connectivity index (χ3n) is 7.81. The van der Waals surface area contributed by atoms with Crippen LogP contribution in [0.1, 0.15) is 34.3 Å². The summed E-state index contributed by atoms with van der Waals surface area (Å²) in [6.45, 7) is 2.69. The second kappa shape index (κ2) is 12.0. The van der Waals surface area contributed by atoms with Gasteiger partial charge in [-0.05, 0) is 22.3 Å². The van der Waals surface area contributed by atoms with Crippen LogP contribution in [0.5, 0.6) is 0 Å². The zero-order chi connectivity index (χ0) is 27.4. The van der Waals surface area contributed by atoms with E-state index in [2.05, 4.69) is 87.9 Å². The van der Waals surface area contributed by atoms with Gasteiger partial charge in [0.15, 0.2) is 0 Å². The van der Waals surface area contributed by atoms with E-state index in [4.69, 9.17) is 4.18 Å². The highest BCUT2D eigenvalue weighted by Crippen LogP contribution is 2.34. The Hall–Kier alpha value is -3.33. The van der Waals surface area contributed by atoms with Crippen molar-refractivity contribution in [3.05, 3.63) is 144 Å². The van der Waals surface area contributed by atoms with E-state index in [1.165, 1.54) is 22.3 Å². The smallest absolute Gasteiger partial charge is 0.280 e. The minimum Gasteiger partial charge on any atom is -0.296 e. The maximum Gasteiger partial charge on any atom is 0.280 e. The molecule has 6 rings (SSSR count). The van der Waals surface area contributed by atoms with Crippen LogP contribution < -0.4 is 5.32 Å². The number of nitrogens with one attached hydrogen (secondary N) is 1. The van der Waals surface area contributed by atoms with Crippen molar-refractivity contribution in [2.24, 2.45) is 0 Å². The third kappa shape index (κ3) is 6.19. The minimum atomic E-state index is -3.69. The molecule has 0 bridgehead atoms. The van der Waals surface area contributed by atoms with E-state index in [0.717, 1.165) is 13.1 Å². The Labute approximate surface area is 237 Å². The second-order valence-corrected chi connectivity index (χ2v) is 12.3. The lowest BCUT2D eigenvalue weighted by atomic mass is 9.93. The predicted octanol–water partition coefficient (Wildman–Crippen LogP) is 4.83. The highest BCUT2D eigenvalue weighted by Gasteiger charge is 2.38.